The second-order valence-electron chi connectivity index (χ2n) is 5.45. The van der Waals surface area contributed by atoms with Crippen molar-refractivity contribution < 1.29 is 4.74 Å². The minimum absolute atomic E-state index is 0.0104. The second kappa shape index (κ2) is 3.21. The molecule has 0 aromatic heterocycles. The van der Waals surface area contributed by atoms with Crippen molar-refractivity contribution in [1.29, 1.82) is 0 Å². The highest BCUT2D eigenvalue weighted by Crippen LogP contribution is 2.54. The third-order valence-electron chi connectivity index (χ3n) is 4.60. The number of rotatable bonds is 0. The van der Waals surface area contributed by atoms with Crippen LogP contribution in [0.1, 0.15) is 44.9 Å². The van der Waals surface area contributed by atoms with Gasteiger partial charge in [-0.25, -0.2) is 0 Å². The maximum atomic E-state index is 6.29. The molecule has 3 rings (SSSR count). The highest BCUT2D eigenvalue weighted by atomic mass is 16.5. The first-order chi connectivity index (χ1) is 7.22. The van der Waals surface area contributed by atoms with E-state index >= 15 is 0 Å². The molecule has 3 atom stereocenters. The average Bonchev–Trinajstić information content (AvgIpc) is 2.38. The normalized spacial score (nSPS) is 45.1. The van der Waals surface area contributed by atoms with Crippen LogP contribution in [0.15, 0.2) is 24.3 Å². The van der Waals surface area contributed by atoms with E-state index in [1.54, 1.807) is 0 Å². The summed E-state index contributed by atoms with van der Waals surface area (Å²) in [5, 5.41) is 0. The number of hydrogen-bond acceptors (Lipinski definition) is 1. The summed E-state index contributed by atoms with van der Waals surface area (Å²) in [6.07, 6.45) is 9.29. The van der Waals surface area contributed by atoms with Gasteiger partial charge in [0, 0.05) is 0 Å². The predicted molar refractivity (Wildman–Crippen MR) is 61.7 cm³/mol. The summed E-state index contributed by atoms with van der Waals surface area (Å²) >= 11 is 0. The molecule has 0 aromatic rings. The lowest BCUT2D eigenvalue weighted by Gasteiger charge is -2.39. The standard InChI is InChI=1S/C14H20O/c1-10-8-13-9-12-6-4-3-5-7-14(12,15-13)11(10)2/h12-13H,1-9H2. The highest BCUT2D eigenvalue weighted by molar-refractivity contribution is 5.40. The van der Waals surface area contributed by atoms with Crippen molar-refractivity contribution in [3.63, 3.8) is 0 Å². The van der Waals surface area contributed by atoms with Gasteiger partial charge in [0.1, 0.15) is 0 Å². The molecule has 3 fully saturated rings. The summed E-state index contributed by atoms with van der Waals surface area (Å²) in [7, 11) is 0. The van der Waals surface area contributed by atoms with Crippen LogP contribution in [0.5, 0.6) is 0 Å². The first kappa shape index (κ1) is 9.65. The lowest BCUT2D eigenvalue weighted by Crippen LogP contribution is -2.40. The van der Waals surface area contributed by atoms with Crippen LogP contribution in [0.3, 0.4) is 0 Å². The maximum Gasteiger partial charge on any atom is 0.0960 e. The fourth-order valence-corrected chi connectivity index (χ4v) is 3.81. The van der Waals surface area contributed by atoms with Crippen molar-refractivity contribution in [3.05, 3.63) is 24.3 Å². The van der Waals surface area contributed by atoms with Crippen LogP contribution in [-0.4, -0.2) is 11.7 Å². The Morgan fingerprint density at radius 1 is 1.20 bits per heavy atom. The first-order valence-corrected chi connectivity index (χ1v) is 6.28. The average molecular weight is 204 g/mol. The van der Waals surface area contributed by atoms with Crippen LogP contribution < -0.4 is 0 Å². The van der Waals surface area contributed by atoms with Gasteiger partial charge in [-0.15, -0.1) is 0 Å². The van der Waals surface area contributed by atoms with Gasteiger partial charge in [-0.05, 0) is 42.7 Å². The van der Waals surface area contributed by atoms with E-state index in [4.69, 9.17) is 4.74 Å². The second-order valence-corrected chi connectivity index (χ2v) is 5.45. The molecular weight excluding hydrogens is 184 g/mol. The van der Waals surface area contributed by atoms with Gasteiger partial charge in [0.2, 0.25) is 0 Å². The molecule has 2 saturated heterocycles. The molecule has 3 unspecified atom stereocenters. The van der Waals surface area contributed by atoms with Gasteiger partial charge < -0.3 is 4.74 Å². The zero-order valence-corrected chi connectivity index (χ0v) is 9.43. The Morgan fingerprint density at radius 3 is 2.93 bits per heavy atom. The van der Waals surface area contributed by atoms with E-state index < -0.39 is 0 Å². The predicted octanol–water partition coefficient (Wildman–Crippen LogP) is 3.61. The van der Waals surface area contributed by atoms with E-state index in [0.717, 1.165) is 12.3 Å². The van der Waals surface area contributed by atoms with Crippen LogP contribution in [-0.2, 0) is 4.74 Å². The van der Waals surface area contributed by atoms with Gasteiger partial charge >= 0.3 is 0 Å². The minimum Gasteiger partial charge on any atom is -0.366 e. The van der Waals surface area contributed by atoms with Crippen molar-refractivity contribution in [1.82, 2.24) is 0 Å². The summed E-state index contributed by atoms with van der Waals surface area (Å²) in [6.45, 7) is 8.44. The van der Waals surface area contributed by atoms with E-state index in [-0.39, 0.29) is 5.60 Å². The first-order valence-electron chi connectivity index (χ1n) is 6.28. The maximum absolute atomic E-state index is 6.29. The van der Waals surface area contributed by atoms with Gasteiger partial charge in [0.15, 0.2) is 0 Å². The van der Waals surface area contributed by atoms with E-state index in [1.165, 1.54) is 49.7 Å². The Bertz CT molecular complexity index is 317. The monoisotopic (exact) mass is 204 g/mol. The van der Waals surface area contributed by atoms with E-state index in [1.807, 2.05) is 0 Å². The lowest BCUT2D eigenvalue weighted by atomic mass is 9.77. The molecule has 0 radical (unpaired) electrons. The van der Waals surface area contributed by atoms with Gasteiger partial charge in [0.25, 0.3) is 0 Å². The molecule has 82 valence electrons. The quantitative estimate of drug-likeness (QED) is 0.585. The molecule has 0 N–H and O–H groups in total. The lowest BCUT2D eigenvalue weighted by molar-refractivity contribution is -0.0463. The van der Waals surface area contributed by atoms with E-state index in [9.17, 15) is 0 Å². The third kappa shape index (κ3) is 1.25. The summed E-state index contributed by atoms with van der Waals surface area (Å²) in [4.78, 5) is 0. The summed E-state index contributed by atoms with van der Waals surface area (Å²) in [5.41, 5.74) is 2.50. The molecule has 1 aliphatic carbocycles. The van der Waals surface area contributed by atoms with Crippen LogP contribution in [0.2, 0.25) is 0 Å². The Balaban J connectivity index is 2.00. The molecule has 3 aliphatic rings. The third-order valence-corrected chi connectivity index (χ3v) is 4.60. The summed E-state index contributed by atoms with van der Waals surface area (Å²) < 4.78 is 6.29. The van der Waals surface area contributed by atoms with Crippen LogP contribution in [0.4, 0.5) is 0 Å². The van der Waals surface area contributed by atoms with E-state index in [0.29, 0.717) is 6.10 Å². The van der Waals surface area contributed by atoms with Gasteiger partial charge in [-0.3, -0.25) is 0 Å². The van der Waals surface area contributed by atoms with Crippen LogP contribution in [0, 0.1) is 5.92 Å². The number of hydrogen-bond donors (Lipinski definition) is 0. The van der Waals surface area contributed by atoms with Crippen molar-refractivity contribution >= 4 is 0 Å². The smallest absolute Gasteiger partial charge is 0.0960 e. The molecule has 1 spiro atoms. The molecule has 1 heteroatoms. The molecular formula is C14H20O. The summed E-state index contributed by atoms with van der Waals surface area (Å²) in [6, 6.07) is 0. The fourth-order valence-electron chi connectivity index (χ4n) is 3.81. The Hall–Kier alpha value is -0.560. The van der Waals surface area contributed by atoms with Crippen molar-refractivity contribution in [2.45, 2.75) is 56.7 Å². The zero-order chi connectivity index (χ0) is 10.5. The molecule has 0 aromatic carbocycles. The molecule has 1 saturated carbocycles. The van der Waals surface area contributed by atoms with Crippen LogP contribution in [0.25, 0.3) is 0 Å². The van der Waals surface area contributed by atoms with Crippen LogP contribution >= 0.6 is 0 Å². The number of ether oxygens (including phenoxy) is 1. The SMILES string of the molecule is C=C1CC2CC3CCCCCC3(O2)C1=C. The Morgan fingerprint density at radius 2 is 2.07 bits per heavy atom. The summed E-state index contributed by atoms with van der Waals surface area (Å²) in [5.74, 6) is 0.733. The van der Waals surface area contributed by atoms with Gasteiger partial charge in [-0.2, -0.15) is 0 Å². The highest BCUT2D eigenvalue weighted by Gasteiger charge is 2.53. The largest absolute Gasteiger partial charge is 0.366 e. The van der Waals surface area contributed by atoms with Crippen molar-refractivity contribution in [2.75, 3.05) is 0 Å². The van der Waals surface area contributed by atoms with Gasteiger partial charge in [-0.1, -0.05) is 32.4 Å². The molecule has 2 aliphatic heterocycles. The number of fused-ring (bicyclic) bond motifs is 1. The minimum atomic E-state index is 0.0104. The molecule has 2 heterocycles. The van der Waals surface area contributed by atoms with Gasteiger partial charge in [0.05, 0.1) is 11.7 Å². The van der Waals surface area contributed by atoms with Crippen molar-refractivity contribution in [2.24, 2.45) is 5.92 Å². The molecule has 0 amide bonds. The Labute approximate surface area is 92.2 Å². The fraction of sp³-hybridized carbons (Fsp3) is 0.714. The van der Waals surface area contributed by atoms with E-state index in [2.05, 4.69) is 13.2 Å². The van der Waals surface area contributed by atoms with Crippen molar-refractivity contribution in [3.8, 4) is 0 Å². The zero-order valence-electron chi connectivity index (χ0n) is 9.43. The molecule has 15 heavy (non-hydrogen) atoms. The topological polar surface area (TPSA) is 9.23 Å². The molecule has 1 nitrogen and oxygen atoms in total. The Kier molecular flexibility index (Phi) is 2.07. The molecule has 2 bridgehead atoms.